The maximum atomic E-state index is 12.1. The fourth-order valence-electron chi connectivity index (χ4n) is 2.69. The molecule has 0 spiro atoms. The fourth-order valence-corrected chi connectivity index (χ4v) is 3.44. The van der Waals surface area contributed by atoms with E-state index in [1.165, 1.54) is 23.9 Å². The number of nitrogens with one attached hydrogen (secondary N) is 1. The first-order valence-electron chi connectivity index (χ1n) is 8.92. The third kappa shape index (κ3) is 6.02. The molecule has 0 fully saturated rings. The number of aryl methyl sites for hydroxylation is 1. The first-order chi connectivity index (χ1) is 14.0. The second-order valence-electron chi connectivity index (χ2n) is 6.18. The molecule has 6 nitrogen and oxygen atoms in total. The van der Waals surface area contributed by atoms with E-state index in [-0.39, 0.29) is 17.4 Å². The van der Waals surface area contributed by atoms with E-state index < -0.39 is 6.61 Å². The van der Waals surface area contributed by atoms with Gasteiger partial charge in [-0.25, -0.2) is 0 Å². The predicted molar refractivity (Wildman–Crippen MR) is 107 cm³/mol. The van der Waals surface area contributed by atoms with E-state index in [0.29, 0.717) is 18.1 Å². The van der Waals surface area contributed by atoms with Crippen LogP contribution in [0.5, 0.6) is 5.75 Å². The normalized spacial score (nSPS) is 10.9. The fraction of sp³-hybridized carbons (Fsp3) is 0.250. The Labute approximate surface area is 171 Å². The number of carbonyl (C=O) groups excluding carboxylic acids is 1. The van der Waals surface area contributed by atoms with Crippen LogP contribution in [0.4, 0.5) is 8.78 Å². The Morgan fingerprint density at radius 2 is 1.97 bits per heavy atom. The van der Waals surface area contributed by atoms with Gasteiger partial charge in [0.15, 0.2) is 5.16 Å². The Hall–Kier alpha value is -2.94. The van der Waals surface area contributed by atoms with Crippen LogP contribution in [-0.2, 0) is 11.2 Å². The van der Waals surface area contributed by atoms with Gasteiger partial charge in [-0.15, -0.1) is 10.2 Å². The number of alkyl halides is 2. The topological polar surface area (TPSA) is 69.0 Å². The number of halogens is 2. The SMILES string of the molecule is Cc1ccccc1-n1cnnc1SCC(=O)NCCc1ccc(OC(F)F)cc1. The van der Waals surface area contributed by atoms with Crippen LogP contribution in [0.15, 0.2) is 60.0 Å². The van der Waals surface area contributed by atoms with Crippen LogP contribution in [0.25, 0.3) is 5.69 Å². The van der Waals surface area contributed by atoms with E-state index in [1.807, 2.05) is 35.8 Å². The highest BCUT2D eigenvalue weighted by Crippen LogP contribution is 2.21. The van der Waals surface area contributed by atoms with Crippen molar-refractivity contribution in [1.82, 2.24) is 20.1 Å². The lowest BCUT2D eigenvalue weighted by atomic mass is 10.1. The zero-order chi connectivity index (χ0) is 20.6. The molecule has 0 atom stereocenters. The maximum Gasteiger partial charge on any atom is 0.387 e. The minimum absolute atomic E-state index is 0.113. The number of hydrogen-bond donors (Lipinski definition) is 1. The lowest BCUT2D eigenvalue weighted by Gasteiger charge is -2.09. The first-order valence-corrected chi connectivity index (χ1v) is 9.91. The lowest BCUT2D eigenvalue weighted by Crippen LogP contribution is -2.27. The third-order valence-corrected chi connectivity index (χ3v) is 5.05. The second-order valence-corrected chi connectivity index (χ2v) is 7.12. The number of benzene rings is 2. The van der Waals surface area contributed by atoms with Gasteiger partial charge in [-0.05, 0) is 42.7 Å². The quantitative estimate of drug-likeness (QED) is 0.538. The number of nitrogens with zero attached hydrogens (tertiary/aromatic N) is 3. The highest BCUT2D eigenvalue weighted by molar-refractivity contribution is 7.99. The molecule has 1 N–H and O–H groups in total. The van der Waals surface area contributed by atoms with Gasteiger partial charge in [0, 0.05) is 6.54 Å². The summed E-state index contributed by atoms with van der Waals surface area (Å²) in [4.78, 5) is 12.1. The van der Waals surface area contributed by atoms with Crippen LogP contribution < -0.4 is 10.1 Å². The monoisotopic (exact) mass is 418 g/mol. The zero-order valence-corrected chi connectivity index (χ0v) is 16.5. The second kappa shape index (κ2) is 10.0. The summed E-state index contributed by atoms with van der Waals surface area (Å²) in [5, 5.41) is 11.5. The summed E-state index contributed by atoms with van der Waals surface area (Å²) >= 11 is 1.31. The van der Waals surface area contributed by atoms with Crippen molar-refractivity contribution in [2.75, 3.05) is 12.3 Å². The molecule has 0 bridgehead atoms. The molecule has 0 radical (unpaired) electrons. The van der Waals surface area contributed by atoms with Crippen molar-refractivity contribution in [1.29, 1.82) is 0 Å². The standard InChI is InChI=1S/C20H20F2N4O2S/c1-14-4-2-3-5-17(14)26-13-24-25-20(26)29-12-18(27)23-11-10-15-6-8-16(9-7-15)28-19(21)22/h2-9,13,19H,10-12H2,1H3,(H,23,27). The number of carbonyl (C=O) groups is 1. The lowest BCUT2D eigenvalue weighted by molar-refractivity contribution is -0.118. The van der Waals surface area contributed by atoms with Crippen molar-refractivity contribution in [3.8, 4) is 11.4 Å². The molecule has 3 rings (SSSR count). The predicted octanol–water partition coefficient (Wildman–Crippen LogP) is 3.63. The van der Waals surface area contributed by atoms with Gasteiger partial charge in [0.1, 0.15) is 12.1 Å². The Morgan fingerprint density at radius 1 is 1.21 bits per heavy atom. The van der Waals surface area contributed by atoms with Crippen molar-refractivity contribution in [2.24, 2.45) is 0 Å². The Kier molecular flexibility index (Phi) is 7.18. The van der Waals surface area contributed by atoms with E-state index >= 15 is 0 Å². The molecule has 0 aliphatic heterocycles. The van der Waals surface area contributed by atoms with Crippen LogP contribution in [-0.4, -0.2) is 39.6 Å². The van der Waals surface area contributed by atoms with Gasteiger partial charge in [-0.1, -0.05) is 42.1 Å². The van der Waals surface area contributed by atoms with E-state index in [0.717, 1.165) is 16.8 Å². The minimum atomic E-state index is -2.84. The van der Waals surface area contributed by atoms with Crippen molar-refractivity contribution < 1.29 is 18.3 Å². The molecule has 0 saturated carbocycles. The van der Waals surface area contributed by atoms with E-state index in [4.69, 9.17) is 0 Å². The molecule has 1 amide bonds. The molecule has 3 aromatic rings. The smallest absolute Gasteiger partial charge is 0.387 e. The number of aromatic nitrogens is 3. The molecule has 9 heteroatoms. The van der Waals surface area contributed by atoms with Gasteiger partial charge >= 0.3 is 6.61 Å². The number of rotatable bonds is 9. The summed E-state index contributed by atoms with van der Waals surface area (Å²) in [6, 6.07) is 14.2. The molecule has 0 aliphatic carbocycles. The van der Waals surface area contributed by atoms with Crippen molar-refractivity contribution in [3.63, 3.8) is 0 Å². The minimum Gasteiger partial charge on any atom is -0.435 e. The van der Waals surface area contributed by atoms with E-state index in [2.05, 4.69) is 20.3 Å². The largest absolute Gasteiger partial charge is 0.435 e. The Morgan fingerprint density at radius 3 is 2.69 bits per heavy atom. The van der Waals surface area contributed by atoms with Crippen LogP contribution in [0.1, 0.15) is 11.1 Å². The summed E-state index contributed by atoms with van der Waals surface area (Å²) in [7, 11) is 0. The van der Waals surface area contributed by atoms with Gasteiger partial charge in [0.25, 0.3) is 0 Å². The molecule has 0 aliphatic rings. The van der Waals surface area contributed by atoms with Gasteiger partial charge in [-0.3, -0.25) is 9.36 Å². The molecule has 1 heterocycles. The van der Waals surface area contributed by atoms with Gasteiger partial charge < -0.3 is 10.1 Å². The van der Waals surface area contributed by atoms with Crippen molar-refractivity contribution in [2.45, 2.75) is 25.1 Å². The Balaban J connectivity index is 1.45. The van der Waals surface area contributed by atoms with E-state index in [9.17, 15) is 13.6 Å². The molecular weight excluding hydrogens is 398 g/mol. The molecule has 1 aromatic heterocycles. The van der Waals surface area contributed by atoms with Crippen LogP contribution in [0.2, 0.25) is 0 Å². The number of thioether (sulfide) groups is 1. The summed E-state index contributed by atoms with van der Waals surface area (Å²) in [5.74, 6) is 0.208. The number of para-hydroxylation sites is 1. The zero-order valence-electron chi connectivity index (χ0n) is 15.7. The summed E-state index contributed by atoms with van der Waals surface area (Å²) in [6.45, 7) is -0.393. The molecular formula is C20H20F2N4O2S. The van der Waals surface area contributed by atoms with Gasteiger partial charge in [0.2, 0.25) is 5.91 Å². The summed E-state index contributed by atoms with van der Waals surface area (Å²) in [5.41, 5.74) is 2.97. The molecule has 0 unspecified atom stereocenters. The molecule has 2 aromatic carbocycles. The van der Waals surface area contributed by atoms with Crippen molar-refractivity contribution in [3.05, 3.63) is 66.0 Å². The third-order valence-electron chi connectivity index (χ3n) is 4.11. The number of amides is 1. The van der Waals surface area contributed by atoms with Crippen molar-refractivity contribution >= 4 is 17.7 Å². The highest BCUT2D eigenvalue weighted by atomic mass is 32.2. The van der Waals surface area contributed by atoms with Crippen LogP contribution in [0, 0.1) is 6.92 Å². The first kappa shape index (κ1) is 20.8. The number of ether oxygens (including phenoxy) is 1. The molecule has 152 valence electrons. The average molecular weight is 418 g/mol. The number of hydrogen-bond acceptors (Lipinski definition) is 5. The maximum absolute atomic E-state index is 12.1. The van der Waals surface area contributed by atoms with Crippen LogP contribution >= 0.6 is 11.8 Å². The highest BCUT2D eigenvalue weighted by Gasteiger charge is 2.11. The average Bonchev–Trinajstić information content (AvgIpc) is 3.16. The van der Waals surface area contributed by atoms with E-state index in [1.54, 1.807) is 18.5 Å². The Bertz CT molecular complexity index is 948. The van der Waals surface area contributed by atoms with Gasteiger partial charge in [-0.2, -0.15) is 8.78 Å². The van der Waals surface area contributed by atoms with Gasteiger partial charge in [0.05, 0.1) is 11.4 Å². The van der Waals surface area contributed by atoms with Crippen LogP contribution in [0.3, 0.4) is 0 Å². The molecule has 0 saturated heterocycles. The summed E-state index contributed by atoms with van der Waals surface area (Å²) < 4.78 is 30.5. The molecule has 29 heavy (non-hydrogen) atoms. The summed E-state index contributed by atoms with van der Waals surface area (Å²) in [6.07, 6.45) is 2.22.